The molecule has 8 heteroatoms. The zero-order chi connectivity index (χ0) is 16.9. The van der Waals surface area contributed by atoms with Crippen LogP contribution in [0.25, 0.3) is 0 Å². The summed E-state index contributed by atoms with van der Waals surface area (Å²) < 4.78 is 0. The Bertz CT molecular complexity index is 506. The van der Waals surface area contributed by atoms with Gasteiger partial charge in [0.15, 0.2) is 0 Å². The zero-order valence-electron chi connectivity index (χ0n) is 15.4. The van der Waals surface area contributed by atoms with Crippen molar-refractivity contribution in [2.75, 3.05) is 19.6 Å². The van der Waals surface area contributed by atoms with Gasteiger partial charge in [-0.25, -0.2) is 4.98 Å². The second-order valence-electron chi connectivity index (χ2n) is 6.59. The van der Waals surface area contributed by atoms with E-state index >= 15 is 0 Å². The first-order valence-electron chi connectivity index (χ1n) is 8.67. The lowest BCUT2D eigenvalue weighted by Gasteiger charge is -2.36. The summed E-state index contributed by atoms with van der Waals surface area (Å²) in [6.45, 7) is 9.55. The van der Waals surface area contributed by atoms with Gasteiger partial charge in [-0.2, -0.15) is 0 Å². The monoisotopic (exact) mass is 410 g/mol. The molecule has 1 aliphatic heterocycles. The van der Waals surface area contributed by atoms with Crippen LogP contribution in [0.5, 0.6) is 0 Å². The van der Waals surface area contributed by atoms with Gasteiger partial charge in [0.05, 0.1) is 16.2 Å². The number of nitrogens with one attached hydrogen (secondary N) is 1. The Hall–Kier alpha value is -0.400. The second kappa shape index (κ2) is 11.3. The fraction of sp³-hybridized carbons (Fsp3) is 0.765. The molecule has 5 nitrogen and oxygen atoms in total. The Morgan fingerprint density at radius 1 is 1.36 bits per heavy atom. The van der Waals surface area contributed by atoms with Crippen molar-refractivity contribution in [3.8, 4) is 0 Å². The second-order valence-corrected chi connectivity index (χ2v) is 7.65. The molecule has 0 spiro atoms. The highest BCUT2D eigenvalue weighted by Gasteiger charge is 2.31. The first kappa shape index (κ1) is 24.6. The van der Waals surface area contributed by atoms with E-state index in [1.807, 2.05) is 6.92 Å². The number of likely N-dealkylation sites (tertiary alicyclic amines) is 1. The van der Waals surface area contributed by atoms with Crippen molar-refractivity contribution in [1.29, 1.82) is 0 Å². The van der Waals surface area contributed by atoms with E-state index < -0.39 is 0 Å². The molecule has 0 aromatic carbocycles. The maximum Gasteiger partial charge on any atom is 0.223 e. The number of amides is 1. The highest BCUT2D eigenvalue weighted by Crippen LogP contribution is 2.22. The van der Waals surface area contributed by atoms with Crippen LogP contribution in [0.3, 0.4) is 0 Å². The summed E-state index contributed by atoms with van der Waals surface area (Å²) in [6, 6.07) is 0. The fourth-order valence-electron chi connectivity index (χ4n) is 3.19. The zero-order valence-corrected chi connectivity index (χ0v) is 17.9. The standard InChI is InChI=1S/C17H30N4OS.2ClH/c1-4-17(5-2,12-18)20-16(22)14-6-8-21(9-7-14)10-15-11-23-13(3)19-15;;/h11,14H,4-10,12,18H2,1-3H3,(H,20,22);2*1H. The van der Waals surface area contributed by atoms with Crippen LogP contribution in [-0.2, 0) is 11.3 Å². The van der Waals surface area contributed by atoms with Gasteiger partial charge in [-0.05, 0) is 45.7 Å². The van der Waals surface area contributed by atoms with Crippen molar-refractivity contribution < 1.29 is 4.79 Å². The normalized spacial score (nSPS) is 16.0. The van der Waals surface area contributed by atoms with E-state index in [9.17, 15) is 4.79 Å². The number of rotatable bonds is 7. The van der Waals surface area contributed by atoms with Gasteiger partial charge in [-0.3, -0.25) is 9.69 Å². The third kappa shape index (κ3) is 6.68. The van der Waals surface area contributed by atoms with Crippen LogP contribution >= 0.6 is 36.2 Å². The SMILES string of the molecule is CCC(CC)(CN)NC(=O)C1CCN(Cc2csc(C)n2)CC1.Cl.Cl. The van der Waals surface area contributed by atoms with Crippen LogP contribution in [0.1, 0.15) is 50.2 Å². The van der Waals surface area contributed by atoms with Crippen LogP contribution in [0.15, 0.2) is 5.38 Å². The summed E-state index contributed by atoms with van der Waals surface area (Å²) in [6.07, 6.45) is 3.60. The van der Waals surface area contributed by atoms with E-state index in [-0.39, 0.29) is 42.2 Å². The minimum atomic E-state index is -0.230. The first-order chi connectivity index (χ1) is 11.0. The molecule has 1 aromatic rings. The molecule has 146 valence electrons. The smallest absolute Gasteiger partial charge is 0.223 e. The van der Waals surface area contributed by atoms with E-state index in [0.717, 1.165) is 56.0 Å². The molecule has 1 aromatic heterocycles. The van der Waals surface area contributed by atoms with Crippen molar-refractivity contribution >= 4 is 42.1 Å². The van der Waals surface area contributed by atoms with Gasteiger partial charge in [-0.1, -0.05) is 13.8 Å². The van der Waals surface area contributed by atoms with E-state index in [4.69, 9.17) is 5.73 Å². The Kier molecular flexibility index (Phi) is 11.2. The van der Waals surface area contributed by atoms with Crippen LogP contribution < -0.4 is 11.1 Å². The van der Waals surface area contributed by atoms with Crippen LogP contribution in [-0.4, -0.2) is 41.0 Å². The molecule has 3 N–H and O–H groups in total. The van der Waals surface area contributed by atoms with E-state index in [1.165, 1.54) is 0 Å². The number of thiazole rings is 1. The molecule has 1 fully saturated rings. The van der Waals surface area contributed by atoms with E-state index in [2.05, 4.69) is 34.4 Å². The van der Waals surface area contributed by atoms with Gasteiger partial charge in [0, 0.05) is 24.4 Å². The maximum absolute atomic E-state index is 12.6. The predicted molar refractivity (Wildman–Crippen MR) is 110 cm³/mol. The number of nitrogens with two attached hydrogens (primary N) is 1. The number of hydrogen-bond acceptors (Lipinski definition) is 5. The fourth-order valence-corrected chi connectivity index (χ4v) is 3.80. The molecule has 1 saturated heterocycles. The van der Waals surface area contributed by atoms with Crippen LogP contribution in [0.4, 0.5) is 0 Å². The van der Waals surface area contributed by atoms with Gasteiger partial charge in [0.25, 0.3) is 0 Å². The van der Waals surface area contributed by atoms with Gasteiger partial charge >= 0.3 is 0 Å². The first-order valence-corrected chi connectivity index (χ1v) is 9.55. The lowest BCUT2D eigenvalue weighted by atomic mass is 9.89. The van der Waals surface area contributed by atoms with Gasteiger partial charge in [-0.15, -0.1) is 36.2 Å². The predicted octanol–water partition coefficient (Wildman–Crippen LogP) is 3.14. The molecule has 25 heavy (non-hydrogen) atoms. The third-order valence-electron chi connectivity index (χ3n) is 5.14. The van der Waals surface area contributed by atoms with E-state index in [1.54, 1.807) is 11.3 Å². The molecular formula is C17H32Cl2N4OS. The maximum atomic E-state index is 12.6. The summed E-state index contributed by atoms with van der Waals surface area (Å²) in [5, 5.41) is 6.47. The summed E-state index contributed by atoms with van der Waals surface area (Å²) in [5.41, 5.74) is 6.81. The topological polar surface area (TPSA) is 71.2 Å². The summed E-state index contributed by atoms with van der Waals surface area (Å²) in [4.78, 5) is 19.5. The summed E-state index contributed by atoms with van der Waals surface area (Å²) in [5.74, 6) is 0.302. The lowest BCUT2D eigenvalue weighted by molar-refractivity contribution is -0.128. The third-order valence-corrected chi connectivity index (χ3v) is 5.97. The van der Waals surface area contributed by atoms with Crippen molar-refractivity contribution in [2.24, 2.45) is 11.7 Å². The molecule has 2 heterocycles. The highest BCUT2D eigenvalue weighted by atomic mass is 35.5. The van der Waals surface area contributed by atoms with E-state index in [0.29, 0.717) is 6.54 Å². The Balaban J connectivity index is 0.00000288. The number of aryl methyl sites for hydroxylation is 1. The lowest BCUT2D eigenvalue weighted by Crippen LogP contribution is -2.55. The molecule has 0 radical (unpaired) electrons. The van der Waals surface area contributed by atoms with Crippen molar-refractivity contribution in [3.63, 3.8) is 0 Å². The number of nitrogens with zero attached hydrogens (tertiary/aromatic N) is 2. The minimum Gasteiger partial charge on any atom is -0.349 e. The number of carbonyl (C=O) groups is 1. The summed E-state index contributed by atoms with van der Waals surface area (Å²) in [7, 11) is 0. The van der Waals surface area contributed by atoms with Crippen molar-refractivity contribution in [3.05, 3.63) is 16.1 Å². The minimum absolute atomic E-state index is 0. The number of hydrogen-bond donors (Lipinski definition) is 2. The van der Waals surface area contributed by atoms with Gasteiger partial charge < -0.3 is 11.1 Å². The average molecular weight is 411 g/mol. The van der Waals surface area contributed by atoms with Crippen LogP contribution in [0, 0.1) is 12.8 Å². The molecule has 1 amide bonds. The number of piperidine rings is 1. The Morgan fingerprint density at radius 3 is 2.40 bits per heavy atom. The van der Waals surface area contributed by atoms with Gasteiger partial charge in [0.1, 0.15) is 0 Å². The van der Waals surface area contributed by atoms with Crippen molar-refractivity contribution in [1.82, 2.24) is 15.2 Å². The Labute approximate surface area is 168 Å². The highest BCUT2D eigenvalue weighted by molar-refractivity contribution is 7.09. The number of carbonyl (C=O) groups excluding carboxylic acids is 1. The number of halogens is 2. The molecule has 0 atom stereocenters. The Morgan fingerprint density at radius 2 is 1.96 bits per heavy atom. The molecule has 0 saturated carbocycles. The molecule has 0 bridgehead atoms. The average Bonchev–Trinajstić information content (AvgIpc) is 2.98. The van der Waals surface area contributed by atoms with Crippen LogP contribution in [0.2, 0.25) is 0 Å². The molecule has 1 aliphatic rings. The largest absolute Gasteiger partial charge is 0.349 e. The molecule has 2 rings (SSSR count). The van der Waals surface area contributed by atoms with Crippen molar-refractivity contribution in [2.45, 2.75) is 58.5 Å². The summed E-state index contributed by atoms with van der Waals surface area (Å²) >= 11 is 1.70. The molecular weight excluding hydrogens is 379 g/mol. The molecule has 0 aliphatic carbocycles. The van der Waals surface area contributed by atoms with Gasteiger partial charge in [0.2, 0.25) is 5.91 Å². The quantitative estimate of drug-likeness (QED) is 0.723. The number of aromatic nitrogens is 1. The molecule has 0 unspecified atom stereocenters.